The van der Waals surface area contributed by atoms with Crippen LogP contribution in [0.15, 0.2) is 65.2 Å². The van der Waals surface area contributed by atoms with E-state index in [4.69, 9.17) is 0 Å². The second kappa shape index (κ2) is 7.12. The van der Waals surface area contributed by atoms with Crippen LogP contribution < -0.4 is 0 Å². The molecule has 4 aromatic rings. The summed E-state index contributed by atoms with van der Waals surface area (Å²) in [5, 5.41) is 22.9. The lowest BCUT2D eigenvalue weighted by atomic mass is 10.2. The van der Waals surface area contributed by atoms with Gasteiger partial charge in [-0.15, -0.1) is 15.3 Å². The van der Waals surface area contributed by atoms with Crippen molar-refractivity contribution < 1.29 is 0 Å². The molecule has 0 amide bonds. The first kappa shape index (κ1) is 16.5. The minimum absolute atomic E-state index is 0.386. The quantitative estimate of drug-likeness (QED) is 0.477. The molecule has 0 saturated carbocycles. The second-order valence-corrected chi connectivity index (χ2v) is 8.17. The zero-order valence-corrected chi connectivity index (χ0v) is 15.7. The van der Waals surface area contributed by atoms with Crippen molar-refractivity contribution in [3.63, 3.8) is 0 Å². The van der Waals surface area contributed by atoms with Gasteiger partial charge >= 0.3 is 0 Å². The van der Waals surface area contributed by atoms with Crippen LogP contribution in [-0.2, 0) is 6.54 Å². The highest BCUT2D eigenvalue weighted by Crippen LogP contribution is 2.36. The molecule has 1 aliphatic rings. The molecule has 8 nitrogen and oxygen atoms in total. The molecule has 1 aromatic carbocycles. The molecule has 0 N–H and O–H groups in total. The van der Waals surface area contributed by atoms with Crippen molar-refractivity contribution in [3.8, 4) is 17.1 Å². The Morgan fingerprint density at radius 1 is 1.07 bits per heavy atom. The first-order valence-electron chi connectivity index (χ1n) is 8.35. The molecule has 4 heterocycles. The van der Waals surface area contributed by atoms with E-state index in [9.17, 15) is 0 Å². The minimum Gasteiger partial charge on any atom is -0.301 e. The summed E-state index contributed by atoms with van der Waals surface area (Å²) < 4.78 is 3.93. The number of rotatable bonds is 5. The summed E-state index contributed by atoms with van der Waals surface area (Å²) in [6.45, 7) is 0.858. The molecule has 0 fully saturated rings. The van der Waals surface area contributed by atoms with Crippen molar-refractivity contribution >= 4 is 23.5 Å². The normalized spacial score (nSPS) is 15.8. The van der Waals surface area contributed by atoms with Crippen LogP contribution in [0.2, 0.25) is 0 Å². The molecule has 5 rings (SSSR count). The van der Waals surface area contributed by atoms with Crippen LogP contribution in [0, 0.1) is 0 Å². The van der Waals surface area contributed by atoms with Gasteiger partial charge in [0.1, 0.15) is 0 Å². The molecule has 27 heavy (non-hydrogen) atoms. The Hall–Kier alpha value is -2.72. The third kappa shape index (κ3) is 3.21. The maximum atomic E-state index is 4.33. The maximum absolute atomic E-state index is 4.33. The van der Waals surface area contributed by atoms with Crippen molar-refractivity contribution in [3.05, 3.63) is 54.9 Å². The van der Waals surface area contributed by atoms with E-state index in [2.05, 4.69) is 35.3 Å². The number of fused-ring (bicyclic) bond motifs is 1. The lowest BCUT2D eigenvalue weighted by Gasteiger charge is -2.08. The molecular formula is C17H14N8S2. The smallest absolute Gasteiger partial charge is 0.214 e. The summed E-state index contributed by atoms with van der Waals surface area (Å²) in [7, 11) is 0. The Morgan fingerprint density at radius 3 is 2.85 bits per heavy atom. The standard InChI is InChI=1S/C17H14N8S2/c1-2-6-13(7-3-1)25-17(21-22-23-25)26-11-14-10-24-15(19-20-16(24)27-14)12-5-4-8-18-9-12/h1-9,14H,10-11H2/t14-/m0/s1. The molecule has 3 aromatic heterocycles. The van der Waals surface area contributed by atoms with Crippen LogP contribution in [0.5, 0.6) is 0 Å². The first-order valence-corrected chi connectivity index (χ1v) is 10.2. The molecule has 0 radical (unpaired) electrons. The number of para-hydroxylation sites is 1. The van der Waals surface area contributed by atoms with Crippen LogP contribution in [0.25, 0.3) is 17.1 Å². The molecule has 1 aliphatic heterocycles. The van der Waals surface area contributed by atoms with E-state index in [-0.39, 0.29) is 0 Å². The van der Waals surface area contributed by atoms with E-state index in [0.29, 0.717) is 5.25 Å². The van der Waals surface area contributed by atoms with Gasteiger partial charge in [-0.2, -0.15) is 4.68 Å². The highest BCUT2D eigenvalue weighted by Gasteiger charge is 2.28. The molecule has 134 valence electrons. The summed E-state index contributed by atoms with van der Waals surface area (Å²) in [6, 6.07) is 13.8. The van der Waals surface area contributed by atoms with E-state index >= 15 is 0 Å². The molecule has 0 aliphatic carbocycles. The van der Waals surface area contributed by atoms with Gasteiger partial charge in [-0.3, -0.25) is 4.98 Å². The Labute approximate surface area is 163 Å². The van der Waals surface area contributed by atoms with E-state index < -0.39 is 0 Å². The molecule has 0 spiro atoms. The van der Waals surface area contributed by atoms with Crippen LogP contribution >= 0.6 is 23.5 Å². The average molecular weight is 394 g/mol. The molecular weight excluding hydrogens is 380 g/mol. The summed E-state index contributed by atoms with van der Waals surface area (Å²) in [5.74, 6) is 1.75. The predicted molar refractivity (Wildman–Crippen MR) is 103 cm³/mol. The number of tetrazole rings is 1. The van der Waals surface area contributed by atoms with E-state index in [1.165, 1.54) is 0 Å². The van der Waals surface area contributed by atoms with Gasteiger partial charge in [-0.25, -0.2) is 0 Å². The zero-order valence-electron chi connectivity index (χ0n) is 14.1. The van der Waals surface area contributed by atoms with Crippen molar-refractivity contribution in [2.45, 2.75) is 22.1 Å². The summed E-state index contributed by atoms with van der Waals surface area (Å²) >= 11 is 3.40. The monoisotopic (exact) mass is 394 g/mol. The van der Waals surface area contributed by atoms with Gasteiger partial charge in [-0.05, 0) is 34.7 Å². The lowest BCUT2D eigenvalue weighted by molar-refractivity contribution is 0.677. The van der Waals surface area contributed by atoms with Gasteiger partial charge < -0.3 is 4.57 Å². The third-order valence-corrected chi connectivity index (χ3v) is 6.59. The summed E-state index contributed by atoms with van der Waals surface area (Å²) in [4.78, 5) is 4.18. The van der Waals surface area contributed by atoms with Crippen LogP contribution in [-0.4, -0.2) is 51.0 Å². The van der Waals surface area contributed by atoms with Crippen molar-refractivity contribution in [2.24, 2.45) is 0 Å². The van der Waals surface area contributed by atoms with E-state index in [1.54, 1.807) is 34.4 Å². The maximum Gasteiger partial charge on any atom is 0.214 e. The van der Waals surface area contributed by atoms with E-state index in [0.717, 1.165) is 39.7 Å². The van der Waals surface area contributed by atoms with Gasteiger partial charge in [0.2, 0.25) is 5.16 Å². The van der Waals surface area contributed by atoms with Crippen LogP contribution in [0.3, 0.4) is 0 Å². The van der Waals surface area contributed by atoms with Gasteiger partial charge in [0.15, 0.2) is 11.0 Å². The van der Waals surface area contributed by atoms with Gasteiger partial charge in [-0.1, -0.05) is 41.7 Å². The molecule has 0 bridgehead atoms. The largest absolute Gasteiger partial charge is 0.301 e. The minimum atomic E-state index is 0.386. The first-order chi connectivity index (χ1) is 13.4. The van der Waals surface area contributed by atoms with Gasteiger partial charge in [0.25, 0.3) is 0 Å². The number of benzene rings is 1. The Morgan fingerprint density at radius 2 is 2.00 bits per heavy atom. The SMILES string of the molecule is c1ccc(-n2nnnc2SC[C@@H]2Cn3c(nnc3-c3cccnc3)S2)cc1. The van der Waals surface area contributed by atoms with Crippen molar-refractivity contribution in [2.75, 3.05) is 5.75 Å². The topological polar surface area (TPSA) is 87.2 Å². The Kier molecular flexibility index (Phi) is 4.34. The number of thioether (sulfide) groups is 2. The van der Waals surface area contributed by atoms with Gasteiger partial charge in [0, 0.05) is 35.5 Å². The third-order valence-electron chi connectivity index (χ3n) is 4.13. The number of hydrogen-bond donors (Lipinski definition) is 0. The number of nitrogens with zero attached hydrogens (tertiary/aromatic N) is 8. The Bertz CT molecular complexity index is 1050. The fourth-order valence-corrected chi connectivity index (χ4v) is 5.07. The Balaban J connectivity index is 1.29. The average Bonchev–Trinajstić information content (AvgIpc) is 3.43. The fourth-order valence-electron chi connectivity index (χ4n) is 2.89. The van der Waals surface area contributed by atoms with Crippen molar-refractivity contribution in [1.29, 1.82) is 0 Å². The predicted octanol–water partition coefficient (Wildman–Crippen LogP) is 2.58. The van der Waals surface area contributed by atoms with Crippen LogP contribution in [0.4, 0.5) is 0 Å². The molecule has 0 unspecified atom stereocenters. The molecule has 10 heteroatoms. The number of aromatic nitrogens is 8. The second-order valence-electron chi connectivity index (χ2n) is 5.92. The fraction of sp³-hybridized carbons (Fsp3) is 0.176. The van der Waals surface area contributed by atoms with Gasteiger partial charge in [0.05, 0.1) is 5.69 Å². The highest BCUT2D eigenvalue weighted by molar-refractivity contribution is 8.03. The highest BCUT2D eigenvalue weighted by atomic mass is 32.2. The lowest BCUT2D eigenvalue weighted by Crippen LogP contribution is -2.10. The van der Waals surface area contributed by atoms with E-state index in [1.807, 2.05) is 48.7 Å². The number of pyridine rings is 1. The van der Waals surface area contributed by atoms with Crippen LogP contribution in [0.1, 0.15) is 0 Å². The molecule has 0 saturated heterocycles. The summed E-state index contributed by atoms with van der Waals surface area (Å²) in [5.41, 5.74) is 1.94. The summed E-state index contributed by atoms with van der Waals surface area (Å²) in [6.07, 6.45) is 3.58. The number of hydrogen-bond acceptors (Lipinski definition) is 8. The zero-order chi connectivity index (χ0) is 18.1. The molecule has 1 atom stereocenters. The van der Waals surface area contributed by atoms with Crippen molar-refractivity contribution in [1.82, 2.24) is 40.0 Å².